The van der Waals surface area contributed by atoms with Gasteiger partial charge >= 0.3 is 5.97 Å². The Morgan fingerprint density at radius 3 is 2.32 bits per heavy atom. The van der Waals surface area contributed by atoms with Crippen LogP contribution in [0.3, 0.4) is 0 Å². The number of carbonyl (C=O) groups excluding carboxylic acids is 2. The van der Waals surface area contributed by atoms with E-state index in [2.05, 4.69) is 4.99 Å². The van der Waals surface area contributed by atoms with Gasteiger partial charge in [0.15, 0.2) is 0 Å². The van der Waals surface area contributed by atoms with Gasteiger partial charge in [0.05, 0.1) is 22.1 Å². The molecule has 3 aromatic carbocycles. The highest BCUT2D eigenvalue weighted by molar-refractivity contribution is 8.18. The van der Waals surface area contributed by atoms with Crippen molar-refractivity contribution in [1.29, 1.82) is 0 Å². The molecule has 3 aromatic rings. The number of aliphatic imine (C=N–C) groups is 1. The van der Waals surface area contributed by atoms with Crippen LogP contribution in [0.25, 0.3) is 6.08 Å². The van der Waals surface area contributed by atoms with Crippen molar-refractivity contribution in [3.63, 3.8) is 0 Å². The summed E-state index contributed by atoms with van der Waals surface area (Å²) >= 11 is 13.3. The Bertz CT molecular complexity index is 1430. The van der Waals surface area contributed by atoms with E-state index in [1.54, 1.807) is 61.5 Å². The summed E-state index contributed by atoms with van der Waals surface area (Å²) in [5.41, 5.74) is 1.63. The SMILES string of the molecule is CCOC(=O)C1=C(O)/C(=C/c2ccc(OCc3ccccc3Cl)cc2)SC1=NC(=O)c1ccccc1Cl. The van der Waals surface area contributed by atoms with Crippen LogP contribution in [0.4, 0.5) is 0 Å². The first-order valence-corrected chi connectivity index (χ1v) is 12.8. The first-order chi connectivity index (χ1) is 17.9. The first-order valence-electron chi connectivity index (χ1n) is 11.2. The summed E-state index contributed by atoms with van der Waals surface area (Å²) in [6.07, 6.45) is 1.68. The molecule has 0 aliphatic carbocycles. The van der Waals surface area contributed by atoms with E-state index in [4.69, 9.17) is 32.7 Å². The van der Waals surface area contributed by atoms with Crippen LogP contribution in [0.2, 0.25) is 10.0 Å². The fraction of sp³-hybridized carbons (Fsp3) is 0.107. The van der Waals surface area contributed by atoms with Crippen LogP contribution in [0.5, 0.6) is 5.75 Å². The standard InChI is InChI=1S/C28H21Cl2NO5S/c1-2-35-28(34)24-25(32)23(37-27(24)31-26(33)20-8-4-6-10-22(20)30)15-17-11-13-19(14-12-17)36-16-18-7-3-5-9-21(18)29/h3-15,32H,2,16H2,1H3/b23-15-,31-27?. The zero-order chi connectivity index (χ0) is 26.4. The van der Waals surface area contributed by atoms with Gasteiger partial charge in [-0.2, -0.15) is 0 Å². The maximum Gasteiger partial charge on any atom is 0.344 e. The Kier molecular flexibility index (Phi) is 8.71. The number of amides is 1. The zero-order valence-corrected chi connectivity index (χ0v) is 21.9. The van der Waals surface area contributed by atoms with E-state index < -0.39 is 11.9 Å². The van der Waals surface area contributed by atoms with Crippen LogP contribution in [-0.2, 0) is 16.1 Å². The molecule has 0 aromatic heterocycles. The van der Waals surface area contributed by atoms with Crippen molar-refractivity contribution in [1.82, 2.24) is 0 Å². The second kappa shape index (κ2) is 12.1. The van der Waals surface area contributed by atoms with Gasteiger partial charge in [-0.05, 0) is 48.9 Å². The van der Waals surface area contributed by atoms with E-state index >= 15 is 0 Å². The summed E-state index contributed by atoms with van der Waals surface area (Å²) in [4.78, 5) is 29.8. The number of carbonyl (C=O) groups is 2. The number of hydrogen-bond donors (Lipinski definition) is 1. The largest absolute Gasteiger partial charge is 0.506 e. The third-order valence-corrected chi connectivity index (χ3v) is 6.93. The fourth-order valence-electron chi connectivity index (χ4n) is 3.37. The lowest BCUT2D eigenvalue weighted by atomic mass is 10.1. The number of nitrogens with zero attached hydrogens (tertiary/aromatic N) is 1. The molecule has 4 rings (SSSR count). The average molecular weight is 554 g/mol. The third-order valence-electron chi connectivity index (χ3n) is 5.21. The maximum atomic E-state index is 12.8. The molecule has 1 heterocycles. The van der Waals surface area contributed by atoms with Crippen molar-refractivity contribution in [3.05, 3.63) is 116 Å². The lowest BCUT2D eigenvalue weighted by Gasteiger charge is -2.08. The van der Waals surface area contributed by atoms with Crippen LogP contribution in [0, 0.1) is 0 Å². The average Bonchev–Trinajstić information content (AvgIpc) is 3.19. The Hall–Kier alpha value is -3.52. The molecule has 37 heavy (non-hydrogen) atoms. The highest BCUT2D eigenvalue weighted by atomic mass is 35.5. The van der Waals surface area contributed by atoms with Gasteiger partial charge in [0, 0.05) is 10.6 Å². The van der Waals surface area contributed by atoms with Crippen LogP contribution >= 0.6 is 35.0 Å². The normalized spacial score (nSPS) is 15.3. The Balaban J connectivity index is 1.57. The van der Waals surface area contributed by atoms with E-state index in [0.717, 1.165) is 22.9 Å². The molecule has 0 radical (unpaired) electrons. The molecule has 0 bridgehead atoms. The minimum atomic E-state index is -0.773. The first kappa shape index (κ1) is 26.5. The molecule has 1 aliphatic heterocycles. The number of esters is 1. The fourth-order valence-corrected chi connectivity index (χ4v) is 4.79. The lowest BCUT2D eigenvalue weighted by molar-refractivity contribution is -0.138. The number of rotatable bonds is 7. The van der Waals surface area contributed by atoms with Crippen molar-refractivity contribution in [2.45, 2.75) is 13.5 Å². The van der Waals surface area contributed by atoms with Crippen molar-refractivity contribution in [2.75, 3.05) is 6.61 Å². The molecule has 0 fully saturated rings. The molecule has 1 aliphatic rings. The maximum absolute atomic E-state index is 12.8. The minimum absolute atomic E-state index is 0.0341. The van der Waals surface area contributed by atoms with Crippen molar-refractivity contribution in [3.8, 4) is 5.75 Å². The van der Waals surface area contributed by atoms with Gasteiger partial charge in [0.25, 0.3) is 5.91 Å². The van der Waals surface area contributed by atoms with Gasteiger partial charge in [0.1, 0.15) is 28.7 Å². The summed E-state index contributed by atoms with van der Waals surface area (Å²) in [5, 5.41) is 11.7. The lowest BCUT2D eigenvalue weighted by Crippen LogP contribution is -2.14. The molecule has 0 spiro atoms. The van der Waals surface area contributed by atoms with Gasteiger partial charge in [-0.25, -0.2) is 9.79 Å². The molecule has 0 atom stereocenters. The highest BCUT2D eigenvalue weighted by Crippen LogP contribution is 2.39. The van der Waals surface area contributed by atoms with Crippen molar-refractivity contribution >= 4 is 58.0 Å². The number of halogens is 2. The summed E-state index contributed by atoms with van der Waals surface area (Å²) in [6.45, 7) is 2.07. The van der Waals surface area contributed by atoms with Crippen LogP contribution in [0.1, 0.15) is 28.4 Å². The molecular weight excluding hydrogens is 533 g/mol. The molecule has 0 unspecified atom stereocenters. The van der Waals surface area contributed by atoms with Gasteiger partial charge in [-0.3, -0.25) is 4.79 Å². The predicted octanol–water partition coefficient (Wildman–Crippen LogP) is 7.27. The molecule has 1 N–H and O–H groups in total. The molecule has 0 saturated heterocycles. The van der Waals surface area contributed by atoms with E-state index in [9.17, 15) is 14.7 Å². The number of thioether (sulfide) groups is 1. The Labute approximate surface area is 228 Å². The molecule has 188 valence electrons. The van der Waals surface area contributed by atoms with Gasteiger partial charge in [-0.1, -0.05) is 77.4 Å². The number of aliphatic hydroxyl groups excluding tert-OH is 1. The zero-order valence-electron chi connectivity index (χ0n) is 19.6. The monoisotopic (exact) mass is 553 g/mol. The predicted molar refractivity (Wildman–Crippen MR) is 147 cm³/mol. The van der Waals surface area contributed by atoms with Crippen LogP contribution in [0.15, 0.2) is 94.0 Å². The van der Waals surface area contributed by atoms with Crippen molar-refractivity contribution < 1.29 is 24.2 Å². The minimum Gasteiger partial charge on any atom is -0.506 e. The van der Waals surface area contributed by atoms with Crippen molar-refractivity contribution in [2.24, 2.45) is 4.99 Å². The number of benzene rings is 3. The van der Waals surface area contributed by atoms with E-state index in [-0.39, 0.29) is 33.6 Å². The Morgan fingerprint density at radius 2 is 1.65 bits per heavy atom. The molecule has 6 nitrogen and oxygen atoms in total. The van der Waals surface area contributed by atoms with Crippen LogP contribution < -0.4 is 4.74 Å². The highest BCUT2D eigenvalue weighted by Gasteiger charge is 2.34. The van der Waals surface area contributed by atoms with Gasteiger partial charge in [-0.15, -0.1) is 0 Å². The van der Waals surface area contributed by atoms with Gasteiger partial charge in [0.2, 0.25) is 0 Å². The quantitative estimate of drug-likeness (QED) is 0.309. The summed E-state index contributed by atoms with van der Waals surface area (Å²) < 4.78 is 10.9. The van der Waals surface area contributed by atoms with E-state index in [1.165, 1.54) is 6.07 Å². The molecule has 9 heteroatoms. The smallest absolute Gasteiger partial charge is 0.344 e. The third kappa shape index (κ3) is 6.43. The number of ether oxygens (including phenoxy) is 2. The van der Waals surface area contributed by atoms with E-state index in [1.807, 2.05) is 18.2 Å². The van der Waals surface area contributed by atoms with E-state index in [0.29, 0.717) is 22.3 Å². The second-order valence-electron chi connectivity index (χ2n) is 7.71. The summed E-state index contributed by atoms with van der Waals surface area (Å²) in [7, 11) is 0. The molecule has 0 saturated carbocycles. The summed E-state index contributed by atoms with van der Waals surface area (Å²) in [6, 6.07) is 21.1. The number of aliphatic hydroxyl groups is 1. The second-order valence-corrected chi connectivity index (χ2v) is 9.55. The molecule has 1 amide bonds. The Morgan fingerprint density at radius 1 is 0.973 bits per heavy atom. The topological polar surface area (TPSA) is 85.2 Å². The van der Waals surface area contributed by atoms with Gasteiger partial charge < -0.3 is 14.6 Å². The summed E-state index contributed by atoms with van der Waals surface area (Å²) in [5.74, 6) is -1.08. The van der Waals surface area contributed by atoms with Crippen LogP contribution in [-0.4, -0.2) is 28.6 Å². The number of hydrogen-bond acceptors (Lipinski definition) is 6. The molecular formula is C28H21Cl2NO5S.